The first-order chi connectivity index (χ1) is 11.6. The van der Waals surface area contributed by atoms with Crippen molar-refractivity contribution in [2.75, 3.05) is 6.54 Å². The van der Waals surface area contributed by atoms with Gasteiger partial charge in [-0.2, -0.15) is 0 Å². The molecule has 1 saturated heterocycles. The van der Waals surface area contributed by atoms with E-state index in [1.54, 1.807) is 29.2 Å². The molecule has 24 heavy (non-hydrogen) atoms. The molecule has 1 aromatic carbocycles. The lowest BCUT2D eigenvalue weighted by molar-refractivity contribution is -0.152. The summed E-state index contributed by atoms with van der Waals surface area (Å²) in [6, 6.07) is 8.31. The highest BCUT2D eigenvalue weighted by molar-refractivity contribution is 5.82. The Morgan fingerprint density at radius 1 is 1.00 bits per heavy atom. The number of rotatable bonds is 4. The van der Waals surface area contributed by atoms with Gasteiger partial charge in [0.2, 0.25) is 5.91 Å². The van der Waals surface area contributed by atoms with Gasteiger partial charge in [0.05, 0.1) is 5.69 Å². The lowest BCUT2D eigenvalue weighted by atomic mass is 9.99. The van der Waals surface area contributed by atoms with E-state index in [-0.39, 0.29) is 17.8 Å². The van der Waals surface area contributed by atoms with E-state index in [2.05, 4.69) is 6.92 Å². The molecule has 0 spiro atoms. The first-order valence-corrected chi connectivity index (χ1v) is 8.47. The maximum Gasteiger partial charge on any atom is 0.353 e. The number of nitrogens with zero attached hydrogens (tertiary/aromatic N) is 4. The summed E-state index contributed by atoms with van der Waals surface area (Å²) in [6.45, 7) is 2.70. The van der Waals surface area contributed by atoms with E-state index in [1.165, 1.54) is 13.9 Å². The number of fused-ring (bicyclic) bond motifs is 2. The summed E-state index contributed by atoms with van der Waals surface area (Å²) in [6.07, 6.45) is 2.86. The number of amides is 1. The molecule has 7 nitrogen and oxygen atoms in total. The number of carbonyl (C=O) groups is 1. The van der Waals surface area contributed by atoms with Gasteiger partial charge >= 0.3 is 11.4 Å². The van der Waals surface area contributed by atoms with Crippen LogP contribution in [0, 0.1) is 0 Å². The van der Waals surface area contributed by atoms with Crippen LogP contribution in [-0.2, 0) is 4.79 Å². The zero-order valence-electron chi connectivity index (χ0n) is 13.6. The van der Waals surface area contributed by atoms with Crippen molar-refractivity contribution in [3.8, 4) is 5.69 Å². The molecule has 3 aliphatic heterocycles. The number of aromatic nitrogens is 3. The van der Waals surface area contributed by atoms with Crippen molar-refractivity contribution >= 4 is 5.91 Å². The van der Waals surface area contributed by atoms with Crippen LogP contribution in [0.5, 0.6) is 0 Å². The average molecular weight is 328 g/mol. The third-order valence-electron chi connectivity index (χ3n) is 4.98. The first-order valence-electron chi connectivity index (χ1n) is 8.47. The second-order valence-electron chi connectivity index (χ2n) is 6.38. The van der Waals surface area contributed by atoms with Crippen molar-refractivity contribution in [3.63, 3.8) is 0 Å². The molecule has 1 fully saturated rings. The Hall–Kier alpha value is -2.57. The number of piperidine rings is 1. The number of hydrogen-bond donors (Lipinski definition) is 0. The normalized spacial score (nSPS) is 22.0. The predicted molar refractivity (Wildman–Crippen MR) is 88.2 cm³/mol. The van der Waals surface area contributed by atoms with E-state index >= 15 is 0 Å². The van der Waals surface area contributed by atoms with Crippen LogP contribution >= 0.6 is 0 Å². The molecule has 5 rings (SSSR count). The van der Waals surface area contributed by atoms with Crippen LogP contribution in [0.1, 0.15) is 44.8 Å². The quantitative estimate of drug-likeness (QED) is 0.849. The van der Waals surface area contributed by atoms with Crippen molar-refractivity contribution in [1.29, 1.82) is 0 Å². The highest BCUT2D eigenvalue weighted by Gasteiger charge is 2.46. The standard InChI is InChI=1S/C17H20N4O3/c1-2-3-11-18-14-10-9-13(15(18)22)20-16(23)19(17(24)21(14)20)12-7-5-4-6-8-12/h4-8,13-14H,2-3,9-11H2,1H3. The van der Waals surface area contributed by atoms with Crippen LogP contribution in [-0.4, -0.2) is 31.3 Å². The van der Waals surface area contributed by atoms with Gasteiger partial charge in [-0.3, -0.25) is 4.79 Å². The number of hydrogen-bond acceptors (Lipinski definition) is 3. The maximum absolute atomic E-state index is 12.9. The van der Waals surface area contributed by atoms with Crippen molar-refractivity contribution in [3.05, 3.63) is 51.3 Å². The fraction of sp³-hybridized carbons (Fsp3) is 0.471. The van der Waals surface area contributed by atoms with Crippen LogP contribution in [0.3, 0.4) is 0 Å². The third-order valence-corrected chi connectivity index (χ3v) is 4.98. The minimum Gasteiger partial charge on any atom is -0.318 e. The summed E-state index contributed by atoms with van der Waals surface area (Å²) in [4.78, 5) is 40.2. The molecule has 1 amide bonds. The first kappa shape index (κ1) is 15.0. The second-order valence-corrected chi connectivity index (χ2v) is 6.38. The number of unbranched alkanes of at least 4 members (excludes halogenated alkanes) is 1. The minimum atomic E-state index is -0.558. The van der Waals surface area contributed by atoms with Crippen molar-refractivity contribution in [1.82, 2.24) is 18.8 Å². The van der Waals surface area contributed by atoms with Crippen LogP contribution < -0.4 is 11.4 Å². The molecule has 2 bridgehead atoms. The molecular formula is C17H20N4O3. The Balaban J connectivity index is 1.89. The van der Waals surface area contributed by atoms with Gasteiger partial charge in [0, 0.05) is 6.54 Å². The summed E-state index contributed by atoms with van der Waals surface area (Å²) in [5.41, 5.74) is -0.256. The SMILES string of the molecule is CCCCN1C(=O)C2CCC1n1c(=O)n(-c3ccccc3)c(=O)n12. The van der Waals surface area contributed by atoms with E-state index in [1.807, 2.05) is 6.07 Å². The van der Waals surface area contributed by atoms with E-state index in [0.29, 0.717) is 18.7 Å². The zero-order valence-corrected chi connectivity index (χ0v) is 13.6. The van der Waals surface area contributed by atoms with Crippen molar-refractivity contribution in [2.24, 2.45) is 0 Å². The average Bonchev–Trinajstić information content (AvgIpc) is 2.88. The highest BCUT2D eigenvalue weighted by Crippen LogP contribution is 2.37. The van der Waals surface area contributed by atoms with Gasteiger partial charge < -0.3 is 4.90 Å². The van der Waals surface area contributed by atoms with Crippen LogP contribution in [0.4, 0.5) is 0 Å². The van der Waals surface area contributed by atoms with Crippen LogP contribution in [0.15, 0.2) is 39.9 Å². The van der Waals surface area contributed by atoms with Gasteiger partial charge in [0.15, 0.2) is 0 Å². The number of benzene rings is 1. The lowest BCUT2D eigenvalue weighted by Gasteiger charge is -2.45. The molecule has 2 unspecified atom stereocenters. The fourth-order valence-corrected chi connectivity index (χ4v) is 3.82. The lowest BCUT2D eigenvalue weighted by Crippen LogP contribution is -2.57. The molecule has 3 aliphatic rings. The Morgan fingerprint density at radius 2 is 1.71 bits per heavy atom. The van der Waals surface area contributed by atoms with E-state index in [4.69, 9.17) is 0 Å². The largest absolute Gasteiger partial charge is 0.353 e. The molecule has 0 saturated carbocycles. The molecule has 0 radical (unpaired) electrons. The second kappa shape index (κ2) is 5.51. The van der Waals surface area contributed by atoms with Crippen LogP contribution in [0.25, 0.3) is 5.69 Å². The summed E-state index contributed by atoms with van der Waals surface area (Å²) in [5, 5.41) is 0. The highest BCUT2D eigenvalue weighted by atomic mass is 16.2. The summed E-state index contributed by atoms with van der Waals surface area (Å²) in [5.74, 6) is -0.0352. The van der Waals surface area contributed by atoms with Gasteiger partial charge in [-0.1, -0.05) is 31.5 Å². The Kier molecular flexibility index (Phi) is 3.44. The van der Waals surface area contributed by atoms with Gasteiger partial charge in [0.25, 0.3) is 0 Å². The minimum absolute atomic E-state index is 0.0352. The smallest absolute Gasteiger partial charge is 0.318 e. The monoisotopic (exact) mass is 328 g/mol. The Bertz CT molecular complexity index is 893. The van der Waals surface area contributed by atoms with Gasteiger partial charge in [0.1, 0.15) is 12.2 Å². The molecule has 126 valence electrons. The molecule has 7 heteroatoms. The summed E-state index contributed by atoms with van der Waals surface area (Å²) >= 11 is 0. The maximum atomic E-state index is 12.9. The topological polar surface area (TPSA) is 69.2 Å². The van der Waals surface area contributed by atoms with Gasteiger partial charge in [-0.25, -0.2) is 23.5 Å². The van der Waals surface area contributed by atoms with Gasteiger partial charge in [-0.05, 0) is 31.4 Å². The van der Waals surface area contributed by atoms with E-state index in [9.17, 15) is 14.4 Å². The molecule has 1 aromatic heterocycles. The van der Waals surface area contributed by atoms with Crippen molar-refractivity contribution in [2.45, 2.75) is 44.8 Å². The van der Waals surface area contributed by atoms with E-state index in [0.717, 1.165) is 19.3 Å². The molecule has 4 heterocycles. The predicted octanol–water partition coefficient (Wildman–Crippen LogP) is 1.28. The fourth-order valence-electron chi connectivity index (χ4n) is 3.82. The van der Waals surface area contributed by atoms with Gasteiger partial charge in [-0.15, -0.1) is 0 Å². The molecule has 0 N–H and O–H groups in total. The van der Waals surface area contributed by atoms with E-state index < -0.39 is 11.7 Å². The third kappa shape index (κ3) is 1.93. The summed E-state index contributed by atoms with van der Waals surface area (Å²) < 4.78 is 4.02. The Labute approximate surface area is 138 Å². The number of para-hydroxylation sites is 1. The molecule has 2 aromatic rings. The molecular weight excluding hydrogens is 308 g/mol. The van der Waals surface area contributed by atoms with Crippen LogP contribution in [0.2, 0.25) is 0 Å². The summed E-state index contributed by atoms with van der Waals surface area (Å²) in [7, 11) is 0. The number of carbonyl (C=O) groups excluding carboxylic acids is 1. The Morgan fingerprint density at radius 3 is 2.42 bits per heavy atom. The molecule has 2 atom stereocenters. The van der Waals surface area contributed by atoms with Crippen molar-refractivity contribution < 1.29 is 4.79 Å². The zero-order chi connectivity index (χ0) is 16.8. The molecule has 0 aliphatic carbocycles.